The topological polar surface area (TPSA) is 73.0 Å². The molecular weight excluding hydrogens is 396 g/mol. The summed E-state index contributed by atoms with van der Waals surface area (Å²) >= 11 is 1.38. The number of anilines is 1. The average molecular weight is 421 g/mol. The Hall–Kier alpha value is -3.06. The molecule has 154 valence electrons. The average Bonchev–Trinajstić information content (AvgIpc) is 3.36. The summed E-state index contributed by atoms with van der Waals surface area (Å²) in [6.45, 7) is 6.80. The molecule has 0 atom stereocenters. The second kappa shape index (κ2) is 8.75. The second-order valence-electron chi connectivity index (χ2n) is 7.00. The van der Waals surface area contributed by atoms with E-state index >= 15 is 0 Å². The molecule has 0 aliphatic carbocycles. The number of nitrogens with zero attached hydrogens (tertiary/aromatic N) is 3. The van der Waals surface area contributed by atoms with Crippen LogP contribution in [-0.4, -0.2) is 26.4 Å². The van der Waals surface area contributed by atoms with Gasteiger partial charge in [-0.1, -0.05) is 55.1 Å². The number of para-hydroxylation sites is 2. The first-order chi connectivity index (χ1) is 14.6. The summed E-state index contributed by atoms with van der Waals surface area (Å²) in [4.78, 5) is 12.6. The quantitative estimate of drug-likeness (QED) is 0.410. The molecule has 4 aromatic rings. The summed E-state index contributed by atoms with van der Waals surface area (Å²) in [5.41, 5.74) is 3.93. The van der Waals surface area contributed by atoms with E-state index in [1.807, 2.05) is 66.9 Å². The highest BCUT2D eigenvalue weighted by molar-refractivity contribution is 7.99. The molecule has 0 saturated carbocycles. The summed E-state index contributed by atoms with van der Waals surface area (Å²) in [5.74, 6) is 1.55. The third-order valence-corrected chi connectivity index (χ3v) is 5.98. The van der Waals surface area contributed by atoms with E-state index in [0.717, 1.165) is 34.2 Å². The van der Waals surface area contributed by atoms with Crippen LogP contribution in [0.15, 0.2) is 58.1 Å². The van der Waals surface area contributed by atoms with Crippen molar-refractivity contribution in [2.45, 2.75) is 38.9 Å². The maximum atomic E-state index is 12.6. The normalized spacial score (nSPS) is 11.2. The molecule has 1 amide bonds. The zero-order chi connectivity index (χ0) is 21.1. The first kappa shape index (κ1) is 20.2. The molecule has 0 fully saturated rings. The maximum Gasteiger partial charge on any atom is 0.234 e. The molecule has 4 rings (SSSR count). The van der Waals surface area contributed by atoms with Gasteiger partial charge in [0.15, 0.2) is 10.9 Å². The van der Waals surface area contributed by atoms with Crippen molar-refractivity contribution in [2.24, 2.45) is 0 Å². The van der Waals surface area contributed by atoms with Gasteiger partial charge in [0.25, 0.3) is 0 Å². The van der Waals surface area contributed by atoms with Crippen LogP contribution in [0.4, 0.5) is 5.69 Å². The number of hydrogen-bond acceptors (Lipinski definition) is 5. The Morgan fingerprint density at radius 3 is 2.73 bits per heavy atom. The highest BCUT2D eigenvalue weighted by atomic mass is 32.2. The van der Waals surface area contributed by atoms with Crippen molar-refractivity contribution in [1.29, 1.82) is 0 Å². The molecule has 0 saturated heterocycles. The van der Waals surface area contributed by atoms with Crippen LogP contribution >= 0.6 is 11.8 Å². The zero-order valence-electron chi connectivity index (χ0n) is 17.3. The van der Waals surface area contributed by atoms with Gasteiger partial charge in [0.05, 0.1) is 5.75 Å². The predicted molar refractivity (Wildman–Crippen MR) is 121 cm³/mol. The van der Waals surface area contributed by atoms with Gasteiger partial charge in [-0.15, -0.1) is 10.2 Å². The fourth-order valence-electron chi connectivity index (χ4n) is 3.46. The van der Waals surface area contributed by atoms with Crippen LogP contribution in [-0.2, 0) is 17.8 Å². The molecular formula is C23H24N4O2S. The molecule has 2 heterocycles. The van der Waals surface area contributed by atoms with E-state index in [0.29, 0.717) is 23.3 Å². The van der Waals surface area contributed by atoms with Gasteiger partial charge in [-0.2, -0.15) is 0 Å². The lowest BCUT2D eigenvalue weighted by molar-refractivity contribution is -0.113. The van der Waals surface area contributed by atoms with Gasteiger partial charge >= 0.3 is 0 Å². The van der Waals surface area contributed by atoms with Crippen LogP contribution in [0.3, 0.4) is 0 Å². The highest BCUT2D eigenvalue weighted by Crippen LogP contribution is 2.29. The van der Waals surface area contributed by atoms with Crippen LogP contribution in [0.25, 0.3) is 22.6 Å². The molecule has 2 aromatic carbocycles. The molecule has 2 aromatic heterocycles. The van der Waals surface area contributed by atoms with Crippen LogP contribution in [0, 0.1) is 6.92 Å². The van der Waals surface area contributed by atoms with E-state index in [1.54, 1.807) is 0 Å². The lowest BCUT2D eigenvalue weighted by Crippen LogP contribution is -2.16. The lowest BCUT2D eigenvalue weighted by atomic mass is 10.1. The minimum atomic E-state index is -0.0556. The Labute approximate surface area is 179 Å². The largest absolute Gasteiger partial charge is 0.453 e. The maximum absolute atomic E-state index is 12.6. The number of rotatable bonds is 7. The molecule has 0 spiro atoms. The van der Waals surface area contributed by atoms with Gasteiger partial charge in [0.2, 0.25) is 11.7 Å². The minimum Gasteiger partial charge on any atom is -0.453 e. The first-order valence-electron chi connectivity index (χ1n) is 10.0. The molecule has 30 heavy (non-hydrogen) atoms. The fourth-order valence-corrected chi connectivity index (χ4v) is 4.26. The van der Waals surface area contributed by atoms with Gasteiger partial charge in [-0.05, 0) is 43.5 Å². The van der Waals surface area contributed by atoms with Crippen LogP contribution < -0.4 is 5.32 Å². The third kappa shape index (κ3) is 3.98. The third-order valence-electron chi connectivity index (χ3n) is 5.02. The van der Waals surface area contributed by atoms with E-state index in [9.17, 15) is 4.79 Å². The second-order valence-corrected chi connectivity index (χ2v) is 7.94. The van der Waals surface area contributed by atoms with Gasteiger partial charge in [-0.3, -0.25) is 9.36 Å². The van der Waals surface area contributed by atoms with E-state index in [1.165, 1.54) is 11.8 Å². The summed E-state index contributed by atoms with van der Waals surface area (Å²) in [7, 11) is 0. The van der Waals surface area contributed by atoms with Gasteiger partial charge in [0.1, 0.15) is 5.58 Å². The number of nitrogens with one attached hydrogen (secondary N) is 1. The number of carbonyl (C=O) groups excluding carboxylic acids is 1. The molecule has 6 nitrogen and oxygen atoms in total. The Balaban J connectivity index is 1.50. The van der Waals surface area contributed by atoms with Crippen LogP contribution in [0.1, 0.15) is 25.0 Å². The highest BCUT2D eigenvalue weighted by Gasteiger charge is 2.18. The number of hydrogen-bond donors (Lipinski definition) is 1. The molecule has 0 bridgehead atoms. The van der Waals surface area contributed by atoms with Gasteiger partial charge < -0.3 is 9.73 Å². The van der Waals surface area contributed by atoms with E-state index in [-0.39, 0.29) is 11.7 Å². The van der Waals surface area contributed by atoms with Crippen LogP contribution in [0.2, 0.25) is 0 Å². The number of aryl methyl sites for hydroxylation is 2. The van der Waals surface area contributed by atoms with Crippen molar-refractivity contribution in [3.8, 4) is 11.6 Å². The van der Waals surface area contributed by atoms with Crippen molar-refractivity contribution < 1.29 is 9.21 Å². The van der Waals surface area contributed by atoms with Gasteiger partial charge in [0, 0.05) is 17.6 Å². The molecule has 0 aliphatic heterocycles. The minimum absolute atomic E-state index is 0.0556. The molecule has 1 N–H and O–H groups in total. The smallest absolute Gasteiger partial charge is 0.234 e. The molecule has 0 unspecified atom stereocenters. The fraction of sp³-hybridized carbons (Fsp3) is 0.261. The molecule has 0 aliphatic rings. The van der Waals surface area contributed by atoms with E-state index in [2.05, 4.69) is 22.4 Å². The number of amides is 1. The number of carbonyl (C=O) groups is 1. The predicted octanol–water partition coefficient (Wildman–Crippen LogP) is 5.31. The number of thioether (sulfide) groups is 1. The van der Waals surface area contributed by atoms with E-state index in [4.69, 9.17) is 4.42 Å². The number of benzene rings is 2. The van der Waals surface area contributed by atoms with Crippen molar-refractivity contribution in [3.63, 3.8) is 0 Å². The van der Waals surface area contributed by atoms with E-state index < -0.39 is 0 Å². The van der Waals surface area contributed by atoms with Crippen molar-refractivity contribution in [1.82, 2.24) is 14.8 Å². The summed E-state index contributed by atoms with van der Waals surface area (Å²) < 4.78 is 7.91. The first-order valence-corrected chi connectivity index (χ1v) is 11.0. The van der Waals surface area contributed by atoms with Crippen molar-refractivity contribution >= 4 is 34.3 Å². The van der Waals surface area contributed by atoms with Crippen LogP contribution in [0.5, 0.6) is 0 Å². The zero-order valence-corrected chi connectivity index (χ0v) is 18.1. The molecule has 0 radical (unpaired) electrons. The van der Waals surface area contributed by atoms with Crippen molar-refractivity contribution in [3.05, 3.63) is 59.7 Å². The number of furan rings is 1. The molecule has 7 heteroatoms. The summed E-state index contributed by atoms with van der Waals surface area (Å²) in [6.07, 6.45) is 0.870. The standard InChI is InChI=1S/C23H24N4O2S/c1-4-16-11-8-9-15(3)21(16)24-20(28)14-30-23-26-25-22(27(23)5-2)19-13-17-10-6-7-12-18(17)29-19/h6-13H,4-5,14H2,1-3H3,(H,24,28). The number of fused-ring (bicyclic) bond motifs is 1. The Bertz CT molecular complexity index is 1160. The Morgan fingerprint density at radius 1 is 1.13 bits per heavy atom. The van der Waals surface area contributed by atoms with Gasteiger partial charge in [-0.25, -0.2) is 0 Å². The SMILES string of the molecule is CCc1cccc(C)c1NC(=O)CSc1nnc(-c2cc3ccccc3o2)n1CC. The summed E-state index contributed by atoms with van der Waals surface area (Å²) in [5, 5.41) is 13.4. The monoisotopic (exact) mass is 420 g/mol. The number of aromatic nitrogens is 3. The Kier molecular flexibility index (Phi) is 5.90. The lowest BCUT2D eigenvalue weighted by Gasteiger charge is -2.13. The Morgan fingerprint density at radius 2 is 1.97 bits per heavy atom. The van der Waals surface area contributed by atoms with Crippen molar-refractivity contribution in [2.75, 3.05) is 11.1 Å². The summed E-state index contributed by atoms with van der Waals surface area (Å²) in [6, 6.07) is 15.9.